The average Bonchev–Trinajstić information content (AvgIpc) is 3.24. The number of aryl methyl sites for hydroxylation is 1. The fourth-order valence-electron chi connectivity index (χ4n) is 4.72. The number of benzene rings is 2. The zero-order valence-electron chi connectivity index (χ0n) is 20.8. The monoisotopic (exact) mass is 474 g/mol. The Morgan fingerprint density at radius 1 is 0.971 bits per heavy atom. The molecule has 3 aromatic rings. The van der Waals surface area contributed by atoms with Crippen LogP contribution in [-0.2, 0) is 24.2 Å². The van der Waals surface area contributed by atoms with E-state index in [1.54, 1.807) is 6.92 Å². The molecule has 1 aromatic heterocycles. The second kappa shape index (κ2) is 11.2. The number of ether oxygens (including phenoxy) is 1. The predicted molar refractivity (Wildman–Crippen MR) is 138 cm³/mol. The van der Waals surface area contributed by atoms with Crippen LogP contribution in [0.1, 0.15) is 50.2 Å². The number of nitrogens with zero attached hydrogens (tertiary/aromatic N) is 2. The van der Waals surface area contributed by atoms with Crippen LogP contribution in [0.5, 0.6) is 0 Å². The average molecular weight is 475 g/mol. The van der Waals surface area contributed by atoms with Gasteiger partial charge in [-0.25, -0.2) is 4.79 Å². The Kier molecular flexibility index (Phi) is 7.87. The molecule has 0 spiro atoms. The number of piperazine rings is 1. The fourth-order valence-corrected chi connectivity index (χ4v) is 4.72. The van der Waals surface area contributed by atoms with Gasteiger partial charge in [-0.1, -0.05) is 49.4 Å². The van der Waals surface area contributed by atoms with Crippen molar-refractivity contribution in [2.24, 2.45) is 0 Å². The van der Waals surface area contributed by atoms with Gasteiger partial charge in [-0.2, -0.15) is 0 Å². The third-order valence-electron chi connectivity index (χ3n) is 6.74. The van der Waals surface area contributed by atoms with Crippen molar-refractivity contribution in [3.8, 4) is 0 Å². The van der Waals surface area contributed by atoms with E-state index in [-0.39, 0.29) is 5.91 Å². The molecule has 1 amide bonds. The van der Waals surface area contributed by atoms with Crippen LogP contribution in [0.25, 0.3) is 0 Å². The van der Waals surface area contributed by atoms with Crippen molar-refractivity contribution in [1.29, 1.82) is 0 Å². The lowest BCUT2D eigenvalue weighted by Gasteiger charge is -2.36. The fraction of sp³-hybridized carbons (Fsp3) is 0.357. The lowest BCUT2D eigenvalue weighted by molar-refractivity contribution is 0.0599. The van der Waals surface area contributed by atoms with E-state index in [4.69, 9.17) is 4.74 Å². The van der Waals surface area contributed by atoms with Crippen LogP contribution in [0.2, 0.25) is 0 Å². The molecule has 0 aliphatic carbocycles. The third kappa shape index (κ3) is 5.57. The first-order valence-electron chi connectivity index (χ1n) is 12.2. The normalized spacial score (nSPS) is 14.1. The quantitative estimate of drug-likeness (QED) is 0.484. The highest BCUT2D eigenvalue weighted by Crippen LogP contribution is 2.21. The zero-order chi connectivity index (χ0) is 24.8. The van der Waals surface area contributed by atoms with Crippen molar-refractivity contribution in [3.05, 3.63) is 88.2 Å². The van der Waals surface area contributed by atoms with Crippen molar-refractivity contribution in [2.45, 2.75) is 33.4 Å². The number of amides is 1. The number of carbonyl (C=O) groups excluding carboxylic acids is 2. The van der Waals surface area contributed by atoms with Crippen LogP contribution in [0.15, 0.2) is 54.6 Å². The first kappa shape index (κ1) is 24.5. The summed E-state index contributed by atoms with van der Waals surface area (Å²) in [5, 5.41) is 3.03. The Balaban J connectivity index is 1.38. The van der Waals surface area contributed by atoms with Gasteiger partial charge < -0.3 is 19.9 Å². The van der Waals surface area contributed by atoms with Gasteiger partial charge in [0.1, 0.15) is 5.69 Å². The van der Waals surface area contributed by atoms with Crippen LogP contribution in [0, 0.1) is 6.92 Å². The molecule has 35 heavy (non-hydrogen) atoms. The maximum absolute atomic E-state index is 13.0. The maximum atomic E-state index is 13.0. The number of carbonyl (C=O) groups is 2. The number of hydrogen-bond acceptors (Lipinski definition) is 5. The van der Waals surface area contributed by atoms with E-state index in [0.717, 1.165) is 44.0 Å². The van der Waals surface area contributed by atoms with Gasteiger partial charge in [0, 0.05) is 50.6 Å². The Labute approximate surface area is 207 Å². The standard InChI is InChI=1S/C28H34N4O3/c1-4-24-25(28(34)35-3)20(2)26(30-24)27(33)29-18-21-10-8-9-11-22(21)19-31-14-16-32(17-15-31)23-12-6-5-7-13-23/h5-13,30H,4,14-19H2,1-3H3,(H,29,33). The molecule has 7 heteroatoms. The van der Waals surface area contributed by atoms with Crippen molar-refractivity contribution in [2.75, 3.05) is 38.2 Å². The summed E-state index contributed by atoms with van der Waals surface area (Å²) in [7, 11) is 1.35. The number of hydrogen-bond donors (Lipinski definition) is 2. The number of para-hydroxylation sites is 1. The Morgan fingerprint density at radius 3 is 2.29 bits per heavy atom. The highest BCUT2D eigenvalue weighted by molar-refractivity contribution is 6.00. The summed E-state index contributed by atoms with van der Waals surface area (Å²) >= 11 is 0. The molecule has 1 saturated heterocycles. The smallest absolute Gasteiger partial charge is 0.339 e. The molecule has 2 N–H and O–H groups in total. The molecule has 1 aliphatic heterocycles. The summed E-state index contributed by atoms with van der Waals surface area (Å²) in [6.07, 6.45) is 0.610. The number of aromatic amines is 1. The number of anilines is 1. The molecule has 184 valence electrons. The zero-order valence-corrected chi connectivity index (χ0v) is 20.8. The van der Waals surface area contributed by atoms with Gasteiger partial charge in [-0.3, -0.25) is 9.69 Å². The molecular formula is C28H34N4O3. The molecule has 4 rings (SSSR count). The van der Waals surface area contributed by atoms with E-state index in [1.165, 1.54) is 18.4 Å². The summed E-state index contributed by atoms with van der Waals surface area (Å²) < 4.78 is 4.90. The molecule has 2 aromatic carbocycles. The topological polar surface area (TPSA) is 77.7 Å². The highest BCUT2D eigenvalue weighted by Gasteiger charge is 2.24. The van der Waals surface area contributed by atoms with E-state index in [9.17, 15) is 9.59 Å². The minimum Gasteiger partial charge on any atom is -0.465 e. The molecule has 0 bridgehead atoms. The predicted octanol–water partition coefficient (Wildman–Crippen LogP) is 3.92. The van der Waals surface area contributed by atoms with Crippen molar-refractivity contribution in [3.63, 3.8) is 0 Å². The second-order valence-corrected chi connectivity index (χ2v) is 8.87. The SMILES string of the molecule is CCc1[nH]c(C(=O)NCc2ccccc2CN2CCN(c3ccccc3)CC2)c(C)c1C(=O)OC. The van der Waals surface area contributed by atoms with Gasteiger partial charge in [0.25, 0.3) is 5.91 Å². The minimum absolute atomic E-state index is 0.223. The van der Waals surface area contributed by atoms with E-state index in [2.05, 4.69) is 56.5 Å². The van der Waals surface area contributed by atoms with Crippen LogP contribution >= 0.6 is 0 Å². The number of esters is 1. The van der Waals surface area contributed by atoms with Crippen molar-refractivity contribution >= 4 is 17.6 Å². The Bertz CT molecular complexity index is 1160. The van der Waals surface area contributed by atoms with E-state index < -0.39 is 5.97 Å². The minimum atomic E-state index is -0.424. The van der Waals surface area contributed by atoms with Gasteiger partial charge in [0.05, 0.1) is 12.7 Å². The first-order chi connectivity index (χ1) is 17.0. The maximum Gasteiger partial charge on any atom is 0.339 e. The van der Waals surface area contributed by atoms with Crippen molar-refractivity contribution < 1.29 is 14.3 Å². The molecule has 0 unspecified atom stereocenters. The molecule has 0 atom stereocenters. The van der Waals surface area contributed by atoms with Gasteiger partial charge in [0.2, 0.25) is 0 Å². The van der Waals surface area contributed by atoms with Gasteiger partial charge in [0.15, 0.2) is 0 Å². The van der Waals surface area contributed by atoms with Crippen LogP contribution in [0.4, 0.5) is 5.69 Å². The third-order valence-corrected chi connectivity index (χ3v) is 6.74. The number of rotatable bonds is 8. The molecule has 0 saturated carbocycles. The summed E-state index contributed by atoms with van der Waals surface area (Å²) in [5.74, 6) is -0.647. The van der Waals surface area contributed by atoms with Gasteiger partial charge in [-0.05, 0) is 42.2 Å². The summed E-state index contributed by atoms with van der Waals surface area (Å²) in [4.78, 5) is 33.2. The molecule has 1 fully saturated rings. The van der Waals surface area contributed by atoms with E-state index in [1.807, 2.05) is 25.1 Å². The molecular weight excluding hydrogens is 440 g/mol. The van der Waals surface area contributed by atoms with E-state index >= 15 is 0 Å². The second-order valence-electron chi connectivity index (χ2n) is 8.87. The largest absolute Gasteiger partial charge is 0.465 e. The number of aromatic nitrogens is 1. The van der Waals surface area contributed by atoms with Crippen LogP contribution in [-0.4, -0.2) is 55.0 Å². The Morgan fingerprint density at radius 2 is 1.63 bits per heavy atom. The molecule has 7 nitrogen and oxygen atoms in total. The number of nitrogens with one attached hydrogen (secondary N) is 2. The van der Waals surface area contributed by atoms with Crippen LogP contribution < -0.4 is 10.2 Å². The van der Waals surface area contributed by atoms with E-state index in [0.29, 0.717) is 29.8 Å². The van der Waals surface area contributed by atoms with Gasteiger partial charge >= 0.3 is 5.97 Å². The van der Waals surface area contributed by atoms with Crippen molar-refractivity contribution in [1.82, 2.24) is 15.2 Å². The summed E-state index contributed by atoms with van der Waals surface area (Å²) in [6.45, 7) is 8.97. The molecule has 0 radical (unpaired) electrons. The molecule has 1 aliphatic rings. The Hall–Kier alpha value is -3.58. The summed E-state index contributed by atoms with van der Waals surface area (Å²) in [5.41, 5.74) is 5.79. The lowest BCUT2D eigenvalue weighted by atomic mass is 10.1. The van der Waals surface area contributed by atoms with Crippen LogP contribution in [0.3, 0.4) is 0 Å². The highest BCUT2D eigenvalue weighted by atomic mass is 16.5. The molecule has 2 heterocycles. The number of methoxy groups -OCH3 is 1. The summed E-state index contributed by atoms with van der Waals surface area (Å²) in [6, 6.07) is 18.8. The lowest BCUT2D eigenvalue weighted by Crippen LogP contribution is -2.46. The number of H-pyrrole nitrogens is 1. The van der Waals surface area contributed by atoms with Gasteiger partial charge in [-0.15, -0.1) is 0 Å². The first-order valence-corrected chi connectivity index (χ1v) is 12.2.